The highest BCUT2D eigenvalue weighted by Gasteiger charge is 2.38. The molecule has 0 bridgehead atoms. The van der Waals surface area contributed by atoms with Crippen LogP contribution in [0, 0.1) is 0 Å². The number of aromatic hydroxyl groups is 1. The number of halogens is 2. The lowest BCUT2D eigenvalue weighted by Crippen LogP contribution is -2.40. The van der Waals surface area contributed by atoms with Gasteiger partial charge in [-0.25, -0.2) is 18.3 Å². The van der Waals surface area contributed by atoms with Crippen LogP contribution in [-0.4, -0.2) is 79.9 Å². The third kappa shape index (κ3) is 33.4. The van der Waals surface area contributed by atoms with Gasteiger partial charge in [-0.05, 0) is 142 Å². The van der Waals surface area contributed by atoms with Crippen molar-refractivity contribution in [2.75, 3.05) is 53.0 Å². The van der Waals surface area contributed by atoms with Gasteiger partial charge in [-0.1, -0.05) is 106 Å². The number of hydrogen-bond donors (Lipinski definition) is 2. The first-order valence-electron chi connectivity index (χ1n) is 25.3. The second-order valence-electron chi connectivity index (χ2n) is 20.1. The molecule has 4 rings (SSSR count). The van der Waals surface area contributed by atoms with Crippen LogP contribution in [0.2, 0.25) is 36.3 Å². The molecule has 16 nitrogen and oxygen atoms in total. The first-order chi connectivity index (χ1) is 35.5. The second kappa shape index (κ2) is 35.7. The molecule has 440 valence electrons. The molecule has 2 N–H and O–H groups in total. The van der Waals surface area contributed by atoms with Crippen LogP contribution in [0.25, 0.3) is 0 Å². The zero-order valence-corrected chi connectivity index (χ0v) is 56.7. The molecule has 0 spiro atoms. The molecule has 0 aliphatic carbocycles. The number of benzene rings is 4. The molecule has 0 heterocycles. The molecule has 4 aromatic rings. The van der Waals surface area contributed by atoms with E-state index in [1.165, 1.54) is 20.0 Å². The van der Waals surface area contributed by atoms with Crippen LogP contribution in [-0.2, 0) is 74.9 Å². The van der Waals surface area contributed by atoms with Crippen molar-refractivity contribution in [2.24, 2.45) is 0 Å². The third-order valence-electron chi connectivity index (χ3n) is 11.3. The van der Waals surface area contributed by atoms with E-state index >= 15 is 0 Å². The van der Waals surface area contributed by atoms with E-state index in [2.05, 4.69) is 92.7 Å². The van der Waals surface area contributed by atoms with Crippen LogP contribution in [0.5, 0.6) is 23.0 Å². The summed E-state index contributed by atoms with van der Waals surface area (Å²) in [7, 11) is -12.4. The minimum atomic E-state index is -3.22. The standard InChI is InChI=1S/C16H29O4PSi.C13H22O2Si.C10H14BrO3P.C10H15O4P.C4H10ClO3P/c1-8-18-21(5,17)20-15-11-9-14(10-12-15)13-19-22(6,7)16(2,3)4;1-13(2,3)16(4,5)15-10-11-6-8-12(14)9-7-11;2*1-3-13-15(2,12)14-10-6-4-9(8-11)5-7-10;1-3-7-9(5,6)8-4-2/h9-12H,8,13H2,1-7H3;6-9,14H,10H2,1-5H3;4-7H,3,8H2,1-2H3;4-7,11H,3,8H2,1-2H3;3-4H2,1-2H3. The molecule has 77 heavy (non-hydrogen) atoms. The van der Waals surface area contributed by atoms with Gasteiger partial charge in [0.05, 0.1) is 52.9 Å². The number of rotatable bonds is 24. The summed E-state index contributed by atoms with van der Waals surface area (Å²) in [6.07, 6.45) is 0. The van der Waals surface area contributed by atoms with E-state index in [1.54, 1.807) is 95.3 Å². The predicted octanol–water partition coefficient (Wildman–Crippen LogP) is 18.0. The molecule has 3 unspecified atom stereocenters. The largest absolute Gasteiger partial charge is 0.508 e. The van der Waals surface area contributed by atoms with E-state index in [0.717, 1.165) is 27.6 Å². The first kappa shape index (κ1) is 74.9. The Hall–Kier alpha value is -2.12. The van der Waals surface area contributed by atoms with Crippen molar-refractivity contribution < 1.29 is 73.5 Å². The number of phenols is 1. The Kier molecular flexibility index (Phi) is 34.7. The Morgan fingerprint density at radius 3 is 0.974 bits per heavy atom. The van der Waals surface area contributed by atoms with Crippen molar-refractivity contribution in [3.05, 3.63) is 119 Å². The van der Waals surface area contributed by atoms with E-state index in [9.17, 15) is 23.4 Å². The van der Waals surface area contributed by atoms with Crippen molar-refractivity contribution in [2.45, 2.75) is 138 Å². The fourth-order valence-corrected chi connectivity index (χ4v) is 11.8. The Balaban J connectivity index is 0.000000960. The Morgan fingerprint density at radius 1 is 0.468 bits per heavy atom. The SMILES string of the molecule is CC(C)(C)[Si](C)(C)OCc1ccc(O)cc1.CCOP(=O)(Cl)OCC.CCOP(C)(=O)Oc1ccc(CBr)cc1.CCOP(C)(=O)Oc1ccc(CO)cc1.CCOP(C)(=O)Oc1ccc(CO[Si](C)(C)C(C)(C)C)cc1. The summed E-state index contributed by atoms with van der Waals surface area (Å²) in [6, 6.07) is 28.8. The van der Waals surface area contributed by atoms with Crippen molar-refractivity contribution in [3.8, 4) is 23.0 Å². The summed E-state index contributed by atoms with van der Waals surface area (Å²) in [6.45, 7) is 35.1. The number of phenolic OH excluding ortho intramolecular Hbond substituents is 1. The lowest BCUT2D eigenvalue weighted by atomic mass is 10.2. The lowest BCUT2D eigenvalue weighted by Gasteiger charge is -2.36. The van der Waals surface area contributed by atoms with Gasteiger partial charge in [-0.15, -0.1) is 0 Å². The molecule has 0 saturated carbocycles. The summed E-state index contributed by atoms with van der Waals surface area (Å²) < 4.78 is 98.4. The van der Waals surface area contributed by atoms with Crippen LogP contribution in [0.1, 0.15) is 98.4 Å². The molecule has 0 aliphatic rings. The van der Waals surface area contributed by atoms with Crippen LogP contribution < -0.4 is 13.6 Å². The van der Waals surface area contributed by atoms with Gasteiger partial charge in [0, 0.05) is 36.6 Å². The lowest BCUT2D eigenvalue weighted by molar-refractivity contribution is 0.235. The Bertz CT molecular complexity index is 2360. The molecule has 0 amide bonds. The summed E-state index contributed by atoms with van der Waals surface area (Å²) in [5, 5.41) is 19.2. The molecule has 24 heteroatoms. The monoisotopic (exact) mass is 1280 g/mol. The van der Waals surface area contributed by atoms with E-state index in [-0.39, 0.29) is 16.7 Å². The van der Waals surface area contributed by atoms with Gasteiger partial charge in [0.1, 0.15) is 23.0 Å². The van der Waals surface area contributed by atoms with Crippen molar-refractivity contribution >= 4 is 73.5 Å². The zero-order chi connectivity index (χ0) is 59.4. The Labute approximate surface area is 477 Å². The van der Waals surface area contributed by atoms with E-state index < -0.39 is 46.4 Å². The molecule has 3 atom stereocenters. The summed E-state index contributed by atoms with van der Waals surface area (Å²) in [4.78, 5) is 0. The normalized spacial score (nSPS) is 14.1. The number of aliphatic hydroxyl groups is 1. The highest BCUT2D eigenvalue weighted by atomic mass is 79.9. The van der Waals surface area contributed by atoms with Crippen LogP contribution in [0.15, 0.2) is 97.1 Å². The molecular formula is C53H90BrClO16P4Si2. The van der Waals surface area contributed by atoms with Crippen molar-refractivity contribution in [1.29, 1.82) is 0 Å². The quantitative estimate of drug-likeness (QED) is 0.0381. The maximum Gasteiger partial charge on any atom is 0.424 e. The molecular weight excluding hydrogens is 1190 g/mol. The fraction of sp³-hybridized carbons (Fsp3) is 0.547. The van der Waals surface area contributed by atoms with Gasteiger partial charge in [-0.3, -0.25) is 9.05 Å². The van der Waals surface area contributed by atoms with Crippen LogP contribution in [0.4, 0.5) is 0 Å². The molecule has 0 aliphatic heterocycles. The highest BCUT2D eigenvalue weighted by Crippen LogP contribution is 2.53. The molecule has 0 fully saturated rings. The van der Waals surface area contributed by atoms with Crippen LogP contribution >= 0.6 is 56.9 Å². The molecule has 0 aromatic heterocycles. The Morgan fingerprint density at radius 2 is 0.727 bits per heavy atom. The molecule has 0 radical (unpaired) electrons. The van der Waals surface area contributed by atoms with Gasteiger partial charge in [-0.2, -0.15) is 0 Å². The van der Waals surface area contributed by atoms with Crippen LogP contribution in [0.3, 0.4) is 0 Å². The molecule has 0 saturated heterocycles. The minimum absolute atomic E-state index is 0.0183. The summed E-state index contributed by atoms with van der Waals surface area (Å²) in [5.74, 6) is 1.90. The van der Waals surface area contributed by atoms with Gasteiger partial charge in [0.15, 0.2) is 16.6 Å². The number of alkyl halides is 1. The van der Waals surface area contributed by atoms with Gasteiger partial charge < -0.3 is 46.2 Å². The third-order valence-corrected chi connectivity index (χ3v) is 26.5. The maximum atomic E-state index is 12.0. The number of aliphatic hydroxyl groups excluding tert-OH is 1. The van der Waals surface area contributed by atoms with E-state index in [4.69, 9.17) is 52.3 Å². The molecule has 4 aromatic carbocycles. The van der Waals surface area contributed by atoms with Gasteiger partial charge >= 0.3 is 29.7 Å². The maximum absolute atomic E-state index is 12.0. The van der Waals surface area contributed by atoms with Gasteiger partial charge in [0.25, 0.3) is 0 Å². The second-order valence-corrected chi connectivity index (χ2v) is 38.8. The average Bonchev–Trinajstić information content (AvgIpc) is 3.31. The smallest absolute Gasteiger partial charge is 0.424 e. The summed E-state index contributed by atoms with van der Waals surface area (Å²) >= 11 is 8.60. The minimum Gasteiger partial charge on any atom is -0.508 e. The highest BCUT2D eigenvalue weighted by molar-refractivity contribution is 9.08. The average molecular weight is 1280 g/mol. The summed E-state index contributed by atoms with van der Waals surface area (Å²) in [5.41, 5.74) is 4.12. The van der Waals surface area contributed by atoms with Crippen molar-refractivity contribution in [1.82, 2.24) is 0 Å². The van der Waals surface area contributed by atoms with Gasteiger partial charge in [0.2, 0.25) is 0 Å². The van der Waals surface area contributed by atoms with Crippen molar-refractivity contribution in [3.63, 3.8) is 0 Å². The predicted molar refractivity (Wildman–Crippen MR) is 324 cm³/mol. The van der Waals surface area contributed by atoms with E-state index in [1.807, 2.05) is 36.4 Å². The number of hydrogen-bond acceptors (Lipinski definition) is 16. The zero-order valence-electron chi connectivity index (χ0n) is 48.8. The van der Waals surface area contributed by atoms with E-state index in [0.29, 0.717) is 69.2 Å². The first-order valence-corrected chi connectivity index (χ1v) is 40.6. The fourth-order valence-electron chi connectivity index (χ4n) is 5.20. The topological polar surface area (TPSA) is 201 Å².